The third-order valence-electron chi connectivity index (χ3n) is 7.59. The molecule has 0 saturated carbocycles. The van der Waals surface area contributed by atoms with Crippen molar-refractivity contribution in [2.45, 2.75) is 44.3 Å². The highest BCUT2D eigenvalue weighted by molar-refractivity contribution is 5.82. The molecule has 2 heterocycles. The zero-order valence-corrected chi connectivity index (χ0v) is 19.1. The Morgan fingerprint density at radius 1 is 1.15 bits per heavy atom. The number of rotatable bonds is 6. The predicted molar refractivity (Wildman–Crippen MR) is 125 cm³/mol. The fourth-order valence-corrected chi connectivity index (χ4v) is 5.61. The van der Waals surface area contributed by atoms with Crippen LogP contribution in [0.4, 0.5) is 4.39 Å². The topological polar surface area (TPSA) is 65.6 Å². The summed E-state index contributed by atoms with van der Waals surface area (Å²) in [6.45, 7) is 3.22. The molecule has 6 nitrogen and oxygen atoms in total. The van der Waals surface area contributed by atoms with E-state index in [1.165, 1.54) is 17.2 Å². The van der Waals surface area contributed by atoms with Crippen LogP contribution in [0.15, 0.2) is 42.5 Å². The number of ether oxygens (including phenoxy) is 1. The van der Waals surface area contributed by atoms with Gasteiger partial charge < -0.3 is 10.1 Å². The molecule has 2 aromatic rings. The van der Waals surface area contributed by atoms with Gasteiger partial charge in [0.2, 0.25) is 5.91 Å². The molecule has 3 atom stereocenters. The van der Waals surface area contributed by atoms with Crippen LogP contribution in [0, 0.1) is 17.7 Å². The van der Waals surface area contributed by atoms with Crippen molar-refractivity contribution in [2.24, 2.45) is 11.8 Å². The second-order valence-corrected chi connectivity index (χ2v) is 9.57. The van der Waals surface area contributed by atoms with E-state index in [0.29, 0.717) is 19.0 Å². The molecular formula is C26H33FN4O2. The highest BCUT2D eigenvalue weighted by atomic mass is 19.1. The number of halogens is 1. The van der Waals surface area contributed by atoms with Crippen LogP contribution in [-0.2, 0) is 17.8 Å². The van der Waals surface area contributed by atoms with Crippen LogP contribution in [0.3, 0.4) is 0 Å². The van der Waals surface area contributed by atoms with E-state index in [0.717, 1.165) is 50.1 Å². The van der Waals surface area contributed by atoms with Gasteiger partial charge in [-0.15, -0.1) is 0 Å². The van der Waals surface area contributed by atoms with E-state index >= 15 is 0 Å². The molecular weight excluding hydrogens is 419 g/mol. The first-order valence-corrected chi connectivity index (χ1v) is 12.0. The summed E-state index contributed by atoms with van der Waals surface area (Å²) < 4.78 is 19.3. The number of fused-ring (bicyclic) bond motifs is 3. The molecule has 2 aliphatic heterocycles. The quantitative estimate of drug-likeness (QED) is 0.629. The second kappa shape index (κ2) is 9.79. The number of methoxy groups -OCH3 is 1. The Labute approximate surface area is 194 Å². The number of nitrogens with one attached hydrogen (secondary N) is 3. The summed E-state index contributed by atoms with van der Waals surface area (Å²) in [4.78, 5) is 15.3. The predicted octanol–water partition coefficient (Wildman–Crippen LogP) is 2.94. The van der Waals surface area contributed by atoms with Crippen LogP contribution >= 0.6 is 0 Å². The number of piperidine rings is 1. The van der Waals surface area contributed by atoms with E-state index in [1.54, 1.807) is 13.2 Å². The van der Waals surface area contributed by atoms with Gasteiger partial charge in [-0.2, -0.15) is 0 Å². The van der Waals surface area contributed by atoms with Crippen molar-refractivity contribution in [3.05, 3.63) is 65.0 Å². The molecule has 0 spiro atoms. The third kappa shape index (κ3) is 4.76. The van der Waals surface area contributed by atoms with Crippen LogP contribution in [0.1, 0.15) is 42.0 Å². The van der Waals surface area contributed by atoms with E-state index in [1.807, 2.05) is 18.2 Å². The lowest BCUT2D eigenvalue weighted by atomic mass is 9.77. The van der Waals surface area contributed by atoms with Crippen molar-refractivity contribution < 1.29 is 13.9 Å². The largest absolute Gasteiger partial charge is 0.497 e. The van der Waals surface area contributed by atoms with Crippen molar-refractivity contribution >= 4 is 5.91 Å². The van der Waals surface area contributed by atoms with Gasteiger partial charge in [0.1, 0.15) is 17.6 Å². The number of hydrogen-bond donors (Lipinski definition) is 3. The fraction of sp³-hybridized carbons (Fsp3) is 0.500. The van der Waals surface area contributed by atoms with E-state index in [-0.39, 0.29) is 29.7 Å². The zero-order chi connectivity index (χ0) is 22.8. The van der Waals surface area contributed by atoms with E-state index in [2.05, 4.69) is 33.2 Å². The van der Waals surface area contributed by atoms with Gasteiger partial charge in [0.25, 0.3) is 0 Å². The average molecular weight is 453 g/mol. The molecule has 176 valence electrons. The molecule has 3 aliphatic rings. The monoisotopic (exact) mass is 452 g/mol. The van der Waals surface area contributed by atoms with Crippen molar-refractivity contribution in [1.29, 1.82) is 0 Å². The summed E-state index contributed by atoms with van der Waals surface area (Å²) in [5, 5.41) is 3.20. The molecule has 0 radical (unpaired) electrons. The highest BCUT2D eigenvalue weighted by Gasteiger charge is 2.43. The van der Waals surface area contributed by atoms with Crippen LogP contribution in [0.5, 0.6) is 5.75 Å². The number of nitrogens with zero attached hydrogens (tertiary/aromatic N) is 1. The molecule has 2 fully saturated rings. The van der Waals surface area contributed by atoms with Gasteiger partial charge in [-0.05, 0) is 74.0 Å². The number of hydrogen-bond acceptors (Lipinski definition) is 5. The van der Waals surface area contributed by atoms with Gasteiger partial charge in [0.05, 0.1) is 13.2 Å². The Morgan fingerprint density at radius 2 is 1.97 bits per heavy atom. The first kappa shape index (κ1) is 22.3. The van der Waals surface area contributed by atoms with Gasteiger partial charge in [-0.3, -0.25) is 9.69 Å². The molecule has 7 heteroatoms. The van der Waals surface area contributed by atoms with Crippen LogP contribution in [0.2, 0.25) is 0 Å². The van der Waals surface area contributed by atoms with Crippen molar-refractivity contribution in [1.82, 2.24) is 21.1 Å². The molecule has 1 amide bonds. The molecule has 2 saturated heterocycles. The number of likely N-dealkylation sites (tertiary alicyclic amines) is 1. The lowest BCUT2D eigenvalue weighted by molar-refractivity contribution is -0.124. The van der Waals surface area contributed by atoms with Crippen molar-refractivity contribution in [2.75, 3.05) is 26.7 Å². The third-order valence-corrected chi connectivity index (χ3v) is 7.59. The SMILES string of the molecule is COc1ccc2c(c1)CCC1C(C(=O)NCC3CCN(Cc4ccccc4F)CC3)NNC21. The normalized spacial score (nSPS) is 25.3. The molecule has 0 aromatic heterocycles. The standard InChI is InChI=1S/C26H33FN4O2/c1-33-20-7-9-21-18(14-20)6-8-22-24(21)29-30-25(22)26(32)28-15-17-10-12-31(13-11-17)16-19-4-2-3-5-23(19)27/h2-5,7,9,14,17,22,24-25,29-30H,6,8,10-13,15-16H2,1H3,(H,28,32). The van der Waals surface area contributed by atoms with Gasteiger partial charge >= 0.3 is 0 Å². The fourth-order valence-electron chi connectivity index (χ4n) is 5.61. The van der Waals surface area contributed by atoms with Crippen LogP contribution < -0.4 is 20.9 Å². The summed E-state index contributed by atoms with van der Waals surface area (Å²) in [5.74, 6) is 1.55. The van der Waals surface area contributed by atoms with Crippen LogP contribution in [-0.4, -0.2) is 43.6 Å². The Bertz CT molecular complexity index is 992. The second-order valence-electron chi connectivity index (χ2n) is 9.57. The first-order valence-electron chi connectivity index (χ1n) is 12.0. The maximum Gasteiger partial charge on any atom is 0.238 e. The summed E-state index contributed by atoms with van der Waals surface area (Å²) in [6, 6.07) is 13.2. The molecule has 3 N–H and O–H groups in total. The lowest BCUT2D eigenvalue weighted by Gasteiger charge is -2.33. The minimum Gasteiger partial charge on any atom is -0.497 e. The Balaban J connectivity index is 1.10. The molecule has 0 bridgehead atoms. The molecule has 2 aromatic carbocycles. The van der Waals surface area contributed by atoms with E-state index in [4.69, 9.17) is 4.74 Å². The minimum absolute atomic E-state index is 0.0840. The summed E-state index contributed by atoms with van der Waals surface area (Å²) in [5.41, 5.74) is 9.94. The number of amides is 1. The minimum atomic E-state index is -0.216. The lowest BCUT2D eigenvalue weighted by Crippen LogP contribution is -2.48. The van der Waals surface area contributed by atoms with Crippen molar-refractivity contribution in [3.63, 3.8) is 0 Å². The van der Waals surface area contributed by atoms with Gasteiger partial charge in [-0.25, -0.2) is 15.2 Å². The molecule has 1 aliphatic carbocycles. The maximum atomic E-state index is 13.9. The van der Waals surface area contributed by atoms with E-state index in [9.17, 15) is 9.18 Å². The van der Waals surface area contributed by atoms with Crippen molar-refractivity contribution in [3.8, 4) is 5.75 Å². The summed E-state index contributed by atoms with van der Waals surface area (Å²) in [6.07, 6.45) is 3.97. The van der Waals surface area contributed by atoms with E-state index < -0.39 is 0 Å². The van der Waals surface area contributed by atoms with Gasteiger partial charge in [0, 0.05) is 24.6 Å². The highest BCUT2D eigenvalue weighted by Crippen LogP contribution is 2.40. The Morgan fingerprint density at radius 3 is 2.76 bits per heavy atom. The van der Waals surface area contributed by atoms with Crippen LogP contribution in [0.25, 0.3) is 0 Å². The number of benzene rings is 2. The van der Waals surface area contributed by atoms with Gasteiger partial charge in [-0.1, -0.05) is 24.3 Å². The van der Waals surface area contributed by atoms with Gasteiger partial charge in [0.15, 0.2) is 0 Å². The molecule has 33 heavy (non-hydrogen) atoms. The molecule has 5 rings (SSSR count). The summed E-state index contributed by atoms with van der Waals surface area (Å²) >= 11 is 0. The Hall–Kier alpha value is -2.48. The average Bonchev–Trinajstić information content (AvgIpc) is 3.29. The smallest absolute Gasteiger partial charge is 0.238 e. The maximum absolute atomic E-state index is 13.9. The number of carbonyl (C=O) groups is 1. The number of hydrazine groups is 1. The Kier molecular flexibility index (Phi) is 6.62. The summed E-state index contributed by atoms with van der Waals surface area (Å²) in [7, 11) is 1.69. The number of aryl methyl sites for hydroxylation is 1. The zero-order valence-electron chi connectivity index (χ0n) is 19.1. The number of carbonyl (C=O) groups excluding carboxylic acids is 1. The molecule has 3 unspecified atom stereocenters. The first-order chi connectivity index (χ1) is 16.1.